The highest BCUT2D eigenvalue weighted by Crippen LogP contribution is 2.24. The number of ether oxygens (including phenoxy) is 1. The van der Waals surface area contributed by atoms with E-state index in [0.29, 0.717) is 23.6 Å². The minimum Gasteiger partial charge on any atom is -0.487 e. The zero-order valence-electron chi connectivity index (χ0n) is 13.5. The van der Waals surface area contributed by atoms with Gasteiger partial charge in [-0.3, -0.25) is 0 Å². The Labute approximate surface area is 149 Å². The summed E-state index contributed by atoms with van der Waals surface area (Å²) in [5, 5.41) is 34.6. The summed E-state index contributed by atoms with van der Waals surface area (Å²) in [4.78, 5) is 0. The molecule has 3 aromatic rings. The predicted octanol–water partition coefficient (Wildman–Crippen LogP) is 2.63. The van der Waals surface area contributed by atoms with E-state index in [2.05, 4.69) is 32.0 Å². The van der Waals surface area contributed by atoms with Crippen LogP contribution in [0, 0.1) is 22.7 Å². The number of rotatable bonds is 6. The van der Waals surface area contributed by atoms with Crippen LogP contribution in [0.1, 0.15) is 17.0 Å². The van der Waals surface area contributed by atoms with Crippen molar-refractivity contribution in [2.75, 3.05) is 5.32 Å². The Morgan fingerprint density at radius 3 is 2.73 bits per heavy atom. The summed E-state index contributed by atoms with van der Waals surface area (Å²) in [6, 6.07) is 18.8. The van der Waals surface area contributed by atoms with E-state index in [9.17, 15) is 10.5 Å². The Hall–Kier alpha value is -4.17. The summed E-state index contributed by atoms with van der Waals surface area (Å²) >= 11 is 0. The second-order valence-electron chi connectivity index (χ2n) is 5.15. The summed E-state index contributed by atoms with van der Waals surface area (Å²) in [6.07, 6.45) is 1.47. The van der Waals surface area contributed by atoms with Crippen LogP contribution < -0.4 is 10.1 Å². The Morgan fingerprint density at radius 2 is 2.04 bits per heavy atom. The second-order valence-corrected chi connectivity index (χ2v) is 5.15. The van der Waals surface area contributed by atoms with Crippen LogP contribution in [0.25, 0.3) is 5.57 Å². The fourth-order valence-electron chi connectivity index (χ4n) is 2.14. The molecule has 8 heteroatoms. The standard InChI is InChI=1S/C18H13N7O/c19-9-14-6-7-16(21-11-15(10-20)18-22-24-25-23-18)8-17(14)26-12-13-4-2-1-3-5-13/h1-8,11,21H,12H2,(H,22,23,24,25). The van der Waals surface area contributed by atoms with Crippen molar-refractivity contribution < 1.29 is 4.74 Å². The SMILES string of the molecule is N#CC(=CNc1ccc(C#N)c(OCc2ccccc2)c1)c1nn[nH]n1. The third-order valence-corrected chi connectivity index (χ3v) is 3.43. The highest BCUT2D eigenvalue weighted by atomic mass is 16.5. The number of hydrogen-bond donors (Lipinski definition) is 2. The number of aromatic amines is 1. The van der Waals surface area contributed by atoms with Gasteiger partial charge in [0.05, 0.1) is 5.56 Å². The highest BCUT2D eigenvalue weighted by Gasteiger charge is 2.08. The highest BCUT2D eigenvalue weighted by molar-refractivity contribution is 5.74. The molecule has 0 saturated carbocycles. The monoisotopic (exact) mass is 343 g/mol. The molecule has 0 aliphatic heterocycles. The van der Waals surface area contributed by atoms with E-state index in [0.717, 1.165) is 5.56 Å². The molecule has 1 heterocycles. The van der Waals surface area contributed by atoms with E-state index in [1.165, 1.54) is 6.20 Å². The molecule has 126 valence electrons. The van der Waals surface area contributed by atoms with Gasteiger partial charge in [0.1, 0.15) is 30.1 Å². The molecule has 2 N–H and O–H groups in total. The van der Waals surface area contributed by atoms with Gasteiger partial charge in [-0.25, -0.2) is 0 Å². The maximum Gasteiger partial charge on any atom is 0.216 e. The number of tetrazole rings is 1. The van der Waals surface area contributed by atoms with Crippen molar-refractivity contribution >= 4 is 11.3 Å². The topological polar surface area (TPSA) is 123 Å². The first-order chi connectivity index (χ1) is 12.8. The Balaban J connectivity index is 1.77. The van der Waals surface area contributed by atoms with Crippen molar-refractivity contribution in [1.29, 1.82) is 10.5 Å². The van der Waals surface area contributed by atoms with E-state index in [4.69, 9.17) is 4.74 Å². The normalized spacial score (nSPS) is 10.6. The molecule has 0 amide bonds. The van der Waals surface area contributed by atoms with Crippen molar-refractivity contribution in [3.05, 3.63) is 71.7 Å². The van der Waals surface area contributed by atoms with Gasteiger partial charge in [0.15, 0.2) is 0 Å². The van der Waals surface area contributed by atoms with Gasteiger partial charge < -0.3 is 10.1 Å². The number of allylic oxidation sites excluding steroid dienone is 1. The molecule has 3 rings (SSSR count). The molecule has 2 aromatic carbocycles. The molecule has 1 aromatic heterocycles. The van der Waals surface area contributed by atoms with Crippen LogP contribution in [0.5, 0.6) is 5.75 Å². The number of nitrogens with zero attached hydrogens (tertiary/aromatic N) is 5. The van der Waals surface area contributed by atoms with Crippen LogP contribution in [-0.4, -0.2) is 20.6 Å². The lowest BCUT2D eigenvalue weighted by molar-refractivity contribution is 0.305. The lowest BCUT2D eigenvalue weighted by atomic mass is 10.2. The quantitative estimate of drug-likeness (QED) is 0.659. The minimum absolute atomic E-state index is 0.189. The van der Waals surface area contributed by atoms with Gasteiger partial charge in [0.2, 0.25) is 5.82 Å². The van der Waals surface area contributed by atoms with E-state index in [1.807, 2.05) is 36.4 Å². The van der Waals surface area contributed by atoms with Gasteiger partial charge in [0, 0.05) is 18.0 Å². The number of H-pyrrole nitrogens is 1. The zero-order valence-corrected chi connectivity index (χ0v) is 13.5. The lowest BCUT2D eigenvalue weighted by Crippen LogP contribution is -1.99. The Morgan fingerprint density at radius 1 is 1.19 bits per heavy atom. The summed E-state index contributed by atoms with van der Waals surface area (Å²) in [5.41, 5.74) is 2.30. The first kappa shape index (κ1) is 16.7. The Bertz CT molecular complexity index is 983. The molecule has 0 bridgehead atoms. The van der Waals surface area contributed by atoms with E-state index in [-0.39, 0.29) is 11.4 Å². The molecule has 0 atom stereocenters. The molecule has 0 saturated heterocycles. The summed E-state index contributed by atoms with van der Waals surface area (Å²) in [7, 11) is 0. The average molecular weight is 343 g/mol. The number of benzene rings is 2. The van der Waals surface area contributed by atoms with Gasteiger partial charge in [-0.2, -0.15) is 15.7 Å². The molecular weight excluding hydrogens is 330 g/mol. The third-order valence-electron chi connectivity index (χ3n) is 3.43. The maximum atomic E-state index is 9.26. The van der Waals surface area contributed by atoms with Crippen molar-refractivity contribution in [3.63, 3.8) is 0 Å². The second kappa shape index (κ2) is 8.08. The van der Waals surface area contributed by atoms with Gasteiger partial charge in [0.25, 0.3) is 0 Å². The van der Waals surface area contributed by atoms with Crippen LogP contribution in [0.3, 0.4) is 0 Å². The van der Waals surface area contributed by atoms with Gasteiger partial charge >= 0.3 is 0 Å². The smallest absolute Gasteiger partial charge is 0.216 e. The van der Waals surface area contributed by atoms with Crippen LogP contribution in [0.2, 0.25) is 0 Å². The molecule has 8 nitrogen and oxygen atoms in total. The Kier molecular flexibility index (Phi) is 5.19. The summed E-state index contributed by atoms with van der Waals surface area (Å²) in [5.74, 6) is 0.641. The number of anilines is 1. The minimum atomic E-state index is 0.189. The molecule has 0 fully saturated rings. The van der Waals surface area contributed by atoms with E-state index < -0.39 is 0 Å². The van der Waals surface area contributed by atoms with E-state index >= 15 is 0 Å². The maximum absolute atomic E-state index is 9.26. The van der Waals surface area contributed by atoms with Crippen molar-refractivity contribution in [1.82, 2.24) is 20.6 Å². The van der Waals surface area contributed by atoms with Gasteiger partial charge in [-0.05, 0) is 22.9 Å². The largest absolute Gasteiger partial charge is 0.487 e. The predicted molar refractivity (Wildman–Crippen MR) is 93.3 cm³/mol. The molecule has 0 aliphatic rings. The molecule has 26 heavy (non-hydrogen) atoms. The summed E-state index contributed by atoms with van der Waals surface area (Å²) < 4.78 is 5.77. The van der Waals surface area contributed by atoms with E-state index in [1.54, 1.807) is 18.2 Å². The summed E-state index contributed by atoms with van der Waals surface area (Å²) in [6.45, 7) is 0.348. The first-order valence-corrected chi connectivity index (χ1v) is 7.61. The first-order valence-electron chi connectivity index (χ1n) is 7.61. The number of aromatic nitrogens is 4. The van der Waals surface area contributed by atoms with Crippen LogP contribution >= 0.6 is 0 Å². The van der Waals surface area contributed by atoms with Gasteiger partial charge in [-0.15, -0.1) is 10.2 Å². The molecular formula is C18H13N7O. The number of nitrogens with one attached hydrogen (secondary N) is 2. The molecule has 0 aliphatic carbocycles. The fraction of sp³-hybridized carbons (Fsp3) is 0.0556. The number of nitriles is 2. The van der Waals surface area contributed by atoms with Crippen LogP contribution in [-0.2, 0) is 6.61 Å². The zero-order chi connectivity index (χ0) is 18.2. The lowest BCUT2D eigenvalue weighted by Gasteiger charge is -2.10. The third kappa shape index (κ3) is 4.02. The van der Waals surface area contributed by atoms with Crippen LogP contribution in [0.15, 0.2) is 54.7 Å². The molecule has 0 unspecified atom stereocenters. The van der Waals surface area contributed by atoms with Crippen molar-refractivity contribution in [2.45, 2.75) is 6.61 Å². The van der Waals surface area contributed by atoms with Gasteiger partial charge in [-0.1, -0.05) is 30.3 Å². The molecule has 0 spiro atoms. The van der Waals surface area contributed by atoms with Crippen molar-refractivity contribution in [3.8, 4) is 17.9 Å². The fourth-order valence-corrected chi connectivity index (χ4v) is 2.14. The number of hydrogen-bond acceptors (Lipinski definition) is 7. The average Bonchev–Trinajstić information content (AvgIpc) is 3.22. The van der Waals surface area contributed by atoms with Crippen LogP contribution in [0.4, 0.5) is 5.69 Å². The molecule has 0 radical (unpaired) electrons. The van der Waals surface area contributed by atoms with Crippen molar-refractivity contribution in [2.24, 2.45) is 0 Å².